The highest BCUT2D eigenvalue weighted by Crippen LogP contribution is 2.16. The molecular formula is C47H87N3O14. The molecule has 17 nitrogen and oxygen atoms in total. The number of aliphatic hydroxyl groups is 1. The molecule has 0 saturated heterocycles. The van der Waals surface area contributed by atoms with Crippen molar-refractivity contribution in [1.29, 1.82) is 0 Å². The monoisotopic (exact) mass is 918 g/mol. The van der Waals surface area contributed by atoms with Gasteiger partial charge in [0, 0.05) is 51.8 Å². The molecule has 6 N–H and O–H groups in total. The minimum absolute atomic E-state index is 0.0109. The van der Waals surface area contributed by atoms with Gasteiger partial charge in [-0.15, -0.1) is 0 Å². The van der Waals surface area contributed by atoms with Crippen LogP contribution in [0.4, 0.5) is 0 Å². The first-order valence-electron chi connectivity index (χ1n) is 24.0. The maximum atomic E-state index is 11.8. The fourth-order valence-corrected chi connectivity index (χ4v) is 6.45. The lowest BCUT2D eigenvalue weighted by atomic mass is 9.97. The maximum Gasteiger partial charge on any atom is 0.306 e. The van der Waals surface area contributed by atoms with Crippen molar-refractivity contribution in [3.63, 3.8) is 0 Å². The number of ketones is 3. The zero-order valence-corrected chi connectivity index (χ0v) is 39.7. The standard InChI is InChI=1S/C24H45N3O9.C23H42O5/c1-3-23(31)27-10-12-34-14-15-35-18-20(29)7-6-11-33-13-16-36-19-24(32)26-9-5-4-8-21(25-2)22(30)17-28;1-2-20(23(27)28)19-21(24)17-15-13-11-9-7-5-3-4-6-8-10-12-14-16-18-22(25)26/h21,25,28H,3-19H2,1-2H3,(H,26,32)(H,27,31);20H,2-19H2,1H3,(H,25,26)(H,27,28)/t21-;20-/m01/s1. The number of carbonyl (C=O) groups is 7. The number of amides is 2. The van der Waals surface area contributed by atoms with Crippen LogP contribution in [0.15, 0.2) is 0 Å². The largest absolute Gasteiger partial charge is 0.481 e. The lowest BCUT2D eigenvalue weighted by Crippen LogP contribution is -2.36. The average Bonchev–Trinajstić information content (AvgIpc) is 3.27. The molecule has 17 heteroatoms. The van der Waals surface area contributed by atoms with E-state index in [9.17, 15) is 33.6 Å². The van der Waals surface area contributed by atoms with Crippen LogP contribution < -0.4 is 16.0 Å². The summed E-state index contributed by atoms with van der Waals surface area (Å²) in [4.78, 5) is 79.1. The number of aliphatic carboxylic acids is 2. The Labute approximate surface area is 383 Å². The topological polar surface area (TPSA) is 253 Å². The zero-order chi connectivity index (χ0) is 47.9. The number of nitrogens with one attached hydrogen (secondary N) is 3. The molecule has 374 valence electrons. The van der Waals surface area contributed by atoms with E-state index in [1.165, 1.54) is 57.8 Å². The molecule has 0 aliphatic heterocycles. The first-order valence-corrected chi connectivity index (χ1v) is 24.0. The van der Waals surface area contributed by atoms with Crippen molar-refractivity contribution in [2.45, 2.75) is 174 Å². The second-order valence-electron chi connectivity index (χ2n) is 16.0. The number of Topliss-reactive ketones (excluding diaryl/α,β-unsaturated/α-hetero) is 3. The molecule has 0 aromatic rings. The molecule has 0 aliphatic carbocycles. The van der Waals surface area contributed by atoms with Crippen molar-refractivity contribution in [3.8, 4) is 0 Å². The number of aliphatic hydroxyl groups excluding tert-OH is 1. The Balaban J connectivity index is 0. The predicted octanol–water partition coefficient (Wildman–Crippen LogP) is 5.75. The van der Waals surface area contributed by atoms with Gasteiger partial charge in [0.2, 0.25) is 11.8 Å². The highest BCUT2D eigenvalue weighted by molar-refractivity contribution is 5.85. The predicted molar refractivity (Wildman–Crippen MR) is 245 cm³/mol. The van der Waals surface area contributed by atoms with Crippen molar-refractivity contribution in [2.24, 2.45) is 5.92 Å². The Morgan fingerprint density at radius 2 is 1.02 bits per heavy atom. The lowest BCUT2D eigenvalue weighted by Gasteiger charge is -2.13. The van der Waals surface area contributed by atoms with E-state index in [-0.39, 0.29) is 61.4 Å². The Bertz CT molecular complexity index is 1210. The van der Waals surface area contributed by atoms with Gasteiger partial charge in [0.25, 0.3) is 0 Å². The summed E-state index contributed by atoms with van der Waals surface area (Å²) in [5.41, 5.74) is 0. The van der Waals surface area contributed by atoms with Gasteiger partial charge in [-0.25, -0.2) is 0 Å². The van der Waals surface area contributed by atoms with E-state index < -0.39 is 24.5 Å². The minimum Gasteiger partial charge on any atom is -0.481 e. The van der Waals surface area contributed by atoms with E-state index in [1.807, 2.05) is 6.92 Å². The molecule has 0 aliphatic rings. The van der Waals surface area contributed by atoms with Gasteiger partial charge >= 0.3 is 11.9 Å². The highest BCUT2D eigenvalue weighted by atomic mass is 16.5. The number of carboxylic acid groups (broad SMARTS) is 2. The highest BCUT2D eigenvalue weighted by Gasteiger charge is 2.18. The van der Waals surface area contributed by atoms with Crippen LogP contribution in [0.2, 0.25) is 0 Å². The minimum atomic E-state index is -0.855. The molecule has 0 fully saturated rings. The quantitative estimate of drug-likeness (QED) is 0.0398. The average molecular weight is 918 g/mol. The summed E-state index contributed by atoms with van der Waals surface area (Å²) in [6.07, 6.45) is 21.3. The first-order chi connectivity index (χ1) is 30.9. The van der Waals surface area contributed by atoms with Crippen LogP contribution in [0, 0.1) is 5.92 Å². The van der Waals surface area contributed by atoms with Crippen LogP contribution in [0.1, 0.15) is 168 Å². The van der Waals surface area contributed by atoms with Gasteiger partial charge in [-0.05, 0) is 52.0 Å². The number of carbonyl (C=O) groups excluding carboxylic acids is 5. The summed E-state index contributed by atoms with van der Waals surface area (Å²) in [5, 5.41) is 34.7. The van der Waals surface area contributed by atoms with Crippen LogP contribution >= 0.6 is 0 Å². The fourth-order valence-electron chi connectivity index (χ4n) is 6.45. The Morgan fingerprint density at radius 3 is 1.53 bits per heavy atom. The second kappa shape index (κ2) is 47.6. The zero-order valence-electron chi connectivity index (χ0n) is 39.7. The first kappa shape index (κ1) is 62.7. The normalized spacial score (nSPS) is 11.9. The van der Waals surface area contributed by atoms with Gasteiger partial charge in [0.1, 0.15) is 25.6 Å². The van der Waals surface area contributed by atoms with E-state index in [2.05, 4.69) is 16.0 Å². The van der Waals surface area contributed by atoms with Crippen molar-refractivity contribution >= 4 is 41.1 Å². The second-order valence-corrected chi connectivity index (χ2v) is 16.0. The number of hydrogen-bond acceptors (Lipinski definition) is 13. The van der Waals surface area contributed by atoms with Gasteiger partial charge in [-0.1, -0.05) is 90.9 Å². The van der Waals surface area contributed by atoms with E-state index in [1.54, 1.807) is 14.0 Å². The summed E-state index contributed by atoms with van der Waals surface area (Å²) in [7, 11) is 1.68. The van der Waals surface area contributed by atoms with Crippen molar-refractivity contribution in [1.82, 2.24) is 16.0 Å². The molecule has 0 rings (SSSR count). The fraction of sp³-hybridized carbons (Fsp3) is 0.851. The Morgan fingerprint density at radius 1 is 0.516 bits per heavy atom. The smallest absolute Gasteiger partial charge is 0.306 e. The molecule has 0 radical (unpaired) electrons. The summed E-state index contributed by atoms with van der Waals surface area (Å²) >= 11 is 0. The number of unbranched alkanes of at least 4 members (excludes halogenated alkanes) is 14. The van der Waals surface area contributed by atoms with E-state index in [0.29, 0.717) is 91.1 Å². The number of likely N-dealkylation sites (N-methyl/N-ethyl adjacent to an activating group) is 1. The molecule has 0 spiro atoms. The Hall–Kier alpha value is -3.35. The molecule has 2 atom stereocenters. The van der Waals surface area contributed by atoms with Crippen molar-refractivity contribution in [2.75, 3.05) is 79.6 Å². The third-order valence-electron chi connectivity index (χ3n) is 10.4. The summed E-state index contributed by atoms with van der Waals surface area (Å²) in [6, 6.07) is -0.357. The van der Waals surface area contributed by atoms with Crippen molar-refractivity contribution in [3.05, 3.63) is 0 Å². The number of hydrogen-bond donors (Lipinski definition) is 6. The van der Waals surface area contributed by atoms with Crippen LogP contribution in [-0.2, 0) is 52.5 Å². The van der Waals surface area contributed by atoms with E-state index in [0.717, 1.165) is 44.9 Å². The molecule has 2 amide bonds. The molecule has 0 heterocycles. The number of carboxylic acids is 2. The SMILES string of the molecule is CCC(=O)NCCOCCOCC(=O)CCCOCCOCC(=O)NCCCC[C@H](NC)C(=O)CO.CC[C@H](CC(=O)CCCCCCCCCCCCCCCCC(=O)O)C(=O)O. The van der Waals surface area contributed by atoms with Gasteiger partial charge in [-0.3, -0.25) is 33.6 Å². The van der Waals surface area contributed by atoms with E-state index >= 15 is 0 Å². The summed E-state index contributed by atoms with van der Waals surface area (Å²) in [5.74, 6) is -2.43. The Kier molecular flexibility index (Phi) is 46.7. The lowest BCUT2D eigenvalue weighted by molar-refractivity contribution is -0.144. The molecule has 0 aromatic heterocycles. The molecular weight excluding hydrogens is 831 g/mol. The molecule has 0 bridgehead atoms. The molecule has 0 saturated carbocycles. The van der Waals surface area contributed by atoms with Gasteiger partial charge in [0.15, 0.2) is 11.6 Å². The third kappa shape index (κ3) is 45.2. The van der Waals surface area contributed by atoms with Gasteiger partial charge < -0.3 is 50.2 Å². The molecule has 0 aromatic carbocycles. The summed E-state index contributed by atoms with van der Waals surface area (Å²) in [6.45, 7) is 6.16. The van der Waals surface area contributed by atoms with E-state index in [4.69, 9.17) is 34.3 Å². The van der Waals surface area contributed by atoms with Crippen LogP contribution in [0.25, 0.3) is 0 Å². The third-order valence-corrected chi connectivity index (χ3v) is 10.4. The molecule has 0 unspecified atom stereocenters. The number of rotatable bonds is 47. The van der Waals surface area contributed by atoms with Gasteiger partial charge in [0.05, 0.1) is 45.0 Å². The van der Waals surface area contributed by atoms with Crippen LogP contribution in [0.3, 0.4) is 0 Å². The van der Waals surface area contributed by atoms with Crippen LogP contribution in [0.5, 0.6) is 0 Å². The number of ether oxygens (including phenoxy) is 4. The van der Waals surface area contributed by atoms with Crippen molar-refractivity contribution < 1.29 is 67.8 Å². The molecule has 64 heavy (non-hydrogen) atoms. The summed E-state index contributed by atoms with van der Waals surface area (Å²) < 4.78 is 21.2. The van der Waals surface area contributed by atoms with Crippen LogP contribution in [-0.4, -0.2) is 142 Å². The maximum absolute atomic E-state index is 11.8. The van der Waals surface area contributed by atoms with Gasteiger partial charge in [-0.2, -0.15) is 0 Å².